The van der Waals surface area contributed by atoms with Gasteiger partial charge in [0.2, 0.25) is 5.60 Å². The Hall–Kier alpha value is -3.40. The van der Waals surface area contributed by atoms with Crippen LogP contribution < -0.4 is 10.6 Å². The number of aliphatic hydroxyl groups is 1. The molecule has 154 valence electrons. The molecule has 0 aliphatic rings. The average molecular weight is 410 g/mol. The normalized spacial score (nSPS) is 11.4. The van der Waals surface area contributed by atoms with Crippen LogP contribution >= 0.6 is 0 Å². The summed E-state index contributed by atoms with van der Waals surface area (Å²) in [6.07, 6.45) is -4.64. The van der Waals surface area contributed by atoms with Crippen molar-refractivity contribution in [1.82, 2.24) is 10.6 Å². The van der Waals surface area contributed by atoms with E-state index in [-0.39, 0.29) is 11.1 Å². The minimum Gasteiger partial charge on any atom is -0.453 e. The Labute approximate surface area is 163 Å². The third-order valence-electron chi connectivity index (χ3n) is 3.72. The number of nitrogens with one attached hydrogen (secondary N) is 2. The van der Waals surface area contributed by atoms with E-state index in [2.05, 4.69) is 0 Å². The van der Waals surface area contributed by atoms with Crippen molar-refractivity contribution in [3.63, 3.8) is 0 Å². The smallest absolute Gasteiger partial charge is 0.405 e. The molecular formula is C19H17F3N2O5. The van der Waals surface area contributed by atoms with Crippen LogP contribution in [-0.4, -0.2) is 42.3 Å². The lowest BCUT2D eigenvalue weighted by atomic mass is 9.86. The fourth-order valence-corrected chi connectivity index (χ4v) is 2.38. The highest BCUT2D eigenvalue weighted by Crippen LogP contribution is 2.30. The molecule has 7 nitrogen and oxygen atoms in total. The summed E-state index contributed by atoms with van der Waals surface area (Å²) in [5.74, 6) is -2.36. The number of benzene rings is 2. The lowest BCUT2D eigenvalue weighted by Crippen LogP contribution is -2.45. The monoisotopic (exact) mass is 410 g/mol. The second kappa shape index (κ2) is 9.20. The number of urea groups is 1. The number of imide groups is 1. The molecule has 0 bridgehead atoms. The molecule has 0 saturated heterocycles. The SMILES string of the molecule is O=C(COC(=O)C(O)(c1ccccc1)c1ccccc1)NC(=O)NCC(F)(F)F. The summed E-state index contributed by atoms with van der Waals surface area (Å²) in [5.41, 5.74) is -1.87. The molecule has 10 heteroatoms. The van der Waals surface area contributed by atoms with E-state index < -0.39 is 42.8 Å². The molecule has 0 spiro atoms. The van der Waals surface area contributed by atoms with Gasteiger partial charge >= 0.3 is 18.2 Å². The molecule has 3 amide bonds. The highest BCUT2D eigenvalue weighted by molar-refractivity contribution is 5.96. The third kappa shape index (κ3) is 6.04. The van der Waals surface area contributed by atoms with Crippen molar-refractivity contribution in [1.29, 1.82) is 0 Å². The zero-order chi connectivity index (χ0) is 21.5. The molecule has 2 aromatic carbocycles. The Morgan fingerprint density at radius 1 is 0.897 bits per heavy atom. The third-order valence-corrected chi connectivity index (χ3v) is 3.72. The van der Waals surface area contributed by atoms with Crippen LogP contribution in [0, 0.1) is 0 Å². The van der Waals surface area contributed by atoms with Gasteiger partial charge in [0.05, 0.1) is 0 Å². The molecule has 0 aliphatic carbocycles. The van der Waals surface area contributed by atoms with Crippen molar-refractivity contribution in [3.8, 4) is 0 Å². The Balaban J connectivity index is 2.06. The van der Waals surface area contributed by atoms with Crippen molar-refractivity contribution in [2.75, 3.05) is 13.2 Å². The van der Waals surface area contributed by atoms with Crippen LogP contribution in [0.25, 0.3) is 0 Å². The van der Waals surface area contributed by atoms with Gasteiger partial charge in [-0.05, 0) is 11.1 Å². The van der Waals surface area contributed by atoms with Crippen LogP contribution in [0.2, 0.25) is 0 Å². The predicted octanol–water partition coefficient (Wildman–Crippen LogP) is 1.85. The van der Waals surface area contributed by atoms with Crippen molar-refractivity contribution in [2.45, 2.75) is 11.8 Å². The fourth-order valence-electron chi connectivity index (χ4n) is 2.38. The van der Waals surface area contributed by atoms with E-state index >= 15 is 0 Å². The van der Waals surface area contributed by atoms with Gasteiger partial charge in [-0.3, -0.25) is 10.1 Å². The lowest BCUT2D eigenvalue weighted by Gasteiger charge is -2.26. The van der Waals surface area contributed by atoms with Crippen LogP contribution in [0.1, 0.15) is 11.1 Å². The van der Waals surface area contributed by atoms with E-state index in [9.17, 15) is 32.7 Å². The van der Waals surface area contributed by atoms with Gasteiger partial charge in [0.1, 0.15) is 6.54 Å². The van der Waals surface area contributed by atoms with Gasteiger partial charge in [-0.15, -0.1) is 0 Å². The summed E-state index contributed by atoms with van der Waals surface area (Å²) in [4.78, 5) is 35.5. The van der Waals surface area contributed by atoms with Crippen LogP contribution in [0.15, 0.2) is 60.7 Å². The first-order chi connectivity index (χ1) is 13.6. The maximum Gasteiger partial charge on any atom is 0.405 e. The van der Waals surface area contributed by atoms with Gasteiger partial charge in [0.15, 0.2) is 6.61 Å². The van der Waals surface area contributed by atoms with Gasteiger partial charge in [0.25, 0.3) is 5.91 Å². The van der Waals surface area contributed by atoms with Gasteiger partial charge in [-0.2, -0.15) is 13.2 Å². The minimum absolute atomic E-state index is 0.180. The van der Waals surface area contributed by atoms with Gasteiger partial charge < -0.3 is 15.2 Å². The number of amides is 3. The van der Waals surface area contributed by atoms with Gasteiger partial charge in [0, 0.05) is 0 Å². The predicted molar refractivity (Wildman–Crippen MR) is 94.4 cm³/mol. The lowest BCUT2D eigenvalue weighted by molar-refractivity contribution is -0.164. The first-order valence-corrected chi connectivity index (χ1v) is 8.28. The zero-order valence-electron chi connectivity index (χ0n) is 14.9. The molecule has 0 atom stereocenters. The molecular weight excluding hydrogens is 393 g/mol. The van der Waals surface area contributed by atoms with Gasteiger partial charge in [-0.25, -0.2) is 9.59 Å². The molecule has 0 saturated carbocycles. The summed E-state index contributed by atoms with van der Waals surface area (Å²) in [7, 11) is 0. The van der Waals surface area contributed by atoms with Crippen LogP contribution in [-0.2, 0) is 19.9 Å². The van der Waals surface area contributed by atoms with E-state index in [0.29, 0.717) is 0 Å². The fraction of sp³-hybridized carbons (Fsp3) is 0.211. The maximum atomic E-state index is 12.6. The molecule has 0 aromatic heterocycles. The standard InChI is InChI=1S/C19H17F3N2O5/c20-18(21,22)12-23-17(27)24-15(25)11-29-16(26)19(28,13-7-3-1-4-8-13)14-9-5-2-6-10-14/h1-10,28H,11-12H2,(H2,23,24,25,27). The number of hydrogen-bond donors (Lipinski definition) is 3. The largest absolute Gasteiger partial charge is 0.453 e. The van der Waals surface area contributed by atoms with E-state index in [1.165, 1.54) is 29.6 Å². The molecule has 0 radical (unpaired) electrons. The number of carbonyl (C=O) groups is 3. The first-order valence-electron chi connectivity index (χ1n) is 8.28. The van der Waals surface area contributed by atoms with Crippen LogP contribution in [0.3, 0.4) is 0 Å². The topological polar surface area (TPSA) is 105 Å². The Bertz CT molecular complexity index is 818. The Morgan fingerprint density at radius 3 is 1.83 bits per heavy atom. The quantitative estimate of drug-likeness (QED) is 0.631. The molecule has 0 heterocycles. The van der Waals surface area contributed by atoms with Crippen LogP contribution in [0.4, 0.5) is 18.0 Å². The number of ether oxygens (including phenoxy) is 1. The summed E-state index contributed by atoms with van der Waals surface area (Å²) >= 11 is 0. The second-order valence-electron chi connectivity index (χ2n) is 5.86. The minimum atomic E-state index is -4.64. The summed E-state index contributed by atoms with van der Waals surface area (Å²) in [6.45, 7) is -2.62. The molecule has 2 rings (SSSR count). The first kappa shape index (κ1) is 21.9. The molecule has 0 aliphatic heterocycles. The van der Waals surface area contributed by atoms with E-state index in [4.69, 9.17) is 4.74 Å². The summed E-state index contributed by atoms with van der Waals surface area (Å²) in [6, 6.07) is 14.3. The highest BCUT2D eigenvalue weighted by Gasteiger charge is 2.41. The highest BCUT2D eigenvalue weighted by atomic mass is 19.4. The number of esters is 1. The van der Waals surface area contributed by atoms with Crippen LogP contribution in [0.5, 0.6) is 0 Å². The Morgan fingerprint density at radius 2 is 1.38 bits per heavy atom. The number of hydrogen-bond acceptors (Lipinski definition) is 5. The molecule has 2 aromatic rings. The number of alkyl halides is 3. The van der Waals surface area contributed by atoms with Crippen molar-refractivity contribution in [3.05, 3.63) is 71.8 Å². The van der Waals surface area contributed by atoms with Crippen molar-refractivity contribution < 1.29 is 37.4 Å². The maximum absolute atomic E-state index is 12.6. The van der Waals surface area contributed by atoms with Gasteiger partial charge in [-0.1, -0.05) is 60.7 Å². The van der Waals surface area contributed by atoms with Crippen molar-refractivity contribution in [2.24, 2.45) is 0 Å². The number of halogens is 3. The molecule has 3 N–H and O–H groups in total. The molecule has 29 heavy (non-hydrogen) atoms. The number of rotatable bonds is 6. The number of carbonyl (C=O) groups excluding carboxylic acids is 3. The summed E-state index contributed by atoms with van der Waals surface area (Å²) < 4.78 is 40.9. The average Bonchev–Trinajstić information content (AvgIpc) is 2.70. The van der Waals surface area contributed by atoms with Crippen molar-refractivity contribution >= 4 is 17.9 Å². The molecule has 0 unspecified atom stereocenters. The summed E-state index contributed by atoms with van der Waals surface area (Å²) in [5, 5.41) is 14.1. The zero-order valence-corrected chi connectivity index (χ0v) is 14.9. The van der Waals surface area contributed by atoms with E-state index in [1.807, 2.05) is 0 Å². The van der Waals surface area contributed by atoms with E-state index in [1.54, 1.807) is 41.7 Å². The second-order valence-corrected chi connectivity index (χ2v) is 5.86. The van der Waals surface area contributed by atoms with E-state index in [0.717, 1.165) is 0 Å². The Kier molecular flexibility index (Phi) is 6.94. The molecule has 0 fully saturated rings.